The van der Waals surface area contributed by atoms with E-state index in [1.54, 1.807) is 12.1 Å². The molecule has 3 rings (SSSR count). The molecule has 1 aromatic carbocycles. The van der Waals surface area contributed by atoms with E-state index in [9.17, 15) is 4.39 Å². The third-order valence-corrected chi connectivity index (χ3v) is 4.78. The number of hydrogen-bond donors (Lipinski definition) is 1. The van der Waals surface area contributed by atoms with Gasteiger partial charge in [0.15, 0.2) is 5.96 Å². The molecule has 152 valence electrons. The molecule has 2 aromatic rings. The van der Waals surface area contributed by atoms with Crippen LogP contribution < -0.4 is 5.32 Å². The summed E-state index contributed by atoms with van der Waals surface area (Å²) in [4.78, 5) is 7.07. The van der Waals surface area contributed by atoms with Crippen molar-refractivity contribution in [2.75, 3.05) is 26.2 Å². The number of rotatable bonds is 6. The lowest BCUT2D eigenvalue weighted by Crippen LogP contribution is -2.50. The number of ether oxygens (including phenoxy) is 1. The highest BCUT2D eigenvalue weighted by atomic mass is 19.1. The standard InChI is InChI=1S/C21H30FN5O/c1-4-23-21(24-11-5-6-17-12-25-26(3)14-17)27-13-16(2)28-20(15-27)18-7-9-19(22)10-8-18/h7-10,12,14,16,20H,4-6,11,13,15H2,1-3H3,(H,23,24). The number of aryl methyl sites for hydroxylation is 2. The summed E-state index contributed by atoms with van der Waals surface area (Å²) in [6, 6.07) is 6.57. The Kier molecular flexibility index (Phi) is 7.03. The highest BCUT2D eigenvalue weighted by Crippen LogP contribution is 2.25. The zero-order valence-corrected chi connectivity index (χ0v) is 16.9. The third-order valence-electron chi connectivity index (χ3n) is 4.78. The van der Waals surface area contributed by atoms with E-state index in [-0.39, 0.29) is 18.0 Å². The molecule has 0 amide bonds. The number of nitrogens with one attached hydrogen (secondary N) is 1. The van der Waals surface area contributed by atoms with Crippen molar-refractivity contribution in [1.82, 2.24) is 20.0 Å². The average Bonchev–Trinajstić information content (AvgIpc) is 3.09. The predicted octanol–water partition coefficient (Wildman–Crippen LogP) is 2.92. The van der Waals surface area contributed by atoms with Crippen molar-refractivity contribution in [1.29, 1.82) is 0 Å². The second-order valence-electron chi connectivity index (χ2n) is 7.25. The van der Waals surface area contributed by atoms with E-state index in [2.05, 4.69) is 29.2 Å². The number of hydrogen-bond acceptors (Lipinski definition) is 3. The van der Waals surface area contributed by atoms with Crippen LogP contribution in [0.25, 0.3) is 0 Å². The Morgan fingerprint density at radius 3 is 2.79 bits per heavy atom. The lowest BCUT2D eigenvalue weighted by atomic mass is 10.1. The number of morpholine rings is 1. The summed E-state index contributed by atoms with van der Waals surface area (Å²) < 4.78 is 21.2. The molecule has 0 bridgehead atoms. The molecular formula is C21H30FN5O. The fourth-order valence-electron chi connectivity index (χ4n) is 3.48. The van der Waals surface area contributed by atoms with Crippen molar-refractivity contribution in [2.24, 2.45) is 12.0 Å². The smallest absolute Gasteiger partial charge is 0.194 e. The van der Waals surface area contributed by atoms with Gasteiger partial charge in [0.05, 0.1) is 18.8 Å². The first kappa shape index (κ1) is 20.3. The van der Waals surface area contributed by atoms with Gasteiger partial charge in [0.25, 0.3) is 0 Å². The van der Waals surface area contributed by atoms with E-state index < -0.39 is 0 Å². The summed E-state index contributed by atoms with van der Waals surface area (Å²) >= 11 is 0. The van der Waals surface area contributed by atoms with E-state index in [0.717, 1.165) is 44.0 Å². The van der Waals surface area contributed by atoms with Gasteiger partial charge in [-0.05, 0) is 49.9 Å². The number of aliphatic imine (C=N–C) groups is 1. The van der Waals surface area contributed by atoms with Crippen LogP contribution >= 0.6 is 0 Å². The fourth-order valence-corrected chi connectivity index (χ4v) is 3.48. The number of aromatic nitrogens is 2. The summed E-state index contributed by atoms with van der Waals surface area (Å²) in [7, 11) is 1.93. The maximum Gasteiger partial charge on any atom is 0.194 e. The second-order valence-corrected chi connectivity index (χ2v) is 7.25. The van der Waals surface area contributed by atoms with Crippen molar-refractivity contribution in [3.05, 3.63) is 53.6 Å². The van der Waals surface area contributed by atoms with Crippen LogP contribution in [0.3, 0.4) is 0 Å². The first-order chi connectivity index (χ1) is 13.5. The van der Waals surface area contributed by atoms with Crippen molar-refractivity contribution >= 4 is 5.96 Å². The Bertz CT molecular complexity index is 773. The van der Waals surface area contributed by atoms with Crippen LogP contribution in [0.15, 0.2) is 41.7 Å². The Morgan fingerprint density at radius 1 is 1.32 bits per heavy atom. The minimum absolute atomic E-state index is 0.0723. The van der Waals surface area contributed by atoms with Crippen molar-refractivity contribution in [3.63, 3.8) is 0 Å². The van der Waals surface area contributed by atoms with E-state index in [1.165, 1.54) is 17.7 Å². The highest BCUT2D eigenvalue weighted by Gasteiger charge is 2.28. The molecule has 2 atom stereocenters. The molecule has 0 radical (unpaired) electrons. The lowest BCUT2D eigenvalue weighted by molar-refractivity contribution is -0.0605. The Hall–Kier alpha value is -2.41. The Morgan fingerprint density at radius 2 is 2.11 bits per heavy atom. The largest absolute Gasteiger partial charge is 0.367 e. The van der Waals surface area contributed by atoms with Crippen LogP contribution in [0.1, 0.15) is 37.5 Å². The average molecular weight is 388 g/mol. The number of nitrogens with zero attached hydrogens (tertiary/aromatic N) is 4. The molecule has 1 N–H and O–H groups in total. The van der Waals surface area contributed by atoms with Crippen LogP contribution in [0, 0.1) is 5.82 Å². The number of benzene rings is 1. The van der Waals surface area contributed by atoms with Crippen molar-refractivity contribution in [2.45, 2.75) is 38.9 Å². The van der Waals surface area contributed by atoms with Gasteiger partial charge < -0.3 is 15.0 Å². The Labute approximate surface area is 166 Å². The zero-order chi connectivity index (χ0) is 19.9. The van der Waals surface area contributed by atoms with E-state index >= 15 is 0 Å². The normalized spacial score (nSPS) is 20.4. The minimum Gasteiger partial charge on any atom is -0.367 e. The van der Waals surface area contributed by atoms with Crippen LogP contribution in [-0.4, -0.2) is 52.9 Å². The summed E-state index contributed by atoms with van der Waals surface area (Å²) in [5, 5.41) is 7.61. The van der Waals surface area contributed by atoms with E-state index in [0.29, 0.717) is 6.54 Å². The molecule has 7 heteroatoms. The summed E-state index contributed by atoms with van der Waals surface area (Å²) in [6.45, 7) is 7.19. The van der Waals surface area contributed by atoms with Crippen LogP contribution in [-0.2, 0) is 18.2 Å². The van der Waals surface area contributed by atoms with Gasteiger partial charge in [-0.3, -0.25) is 9.67 Å². The van der Waals surface area contributed by atoms with Crippen LogP contribution in [0.4, 0.5) is 4.39 Å². The minimum atomic E-state index is -0.229. The molecule has 2 heterocycles. The first-order valence-electron chi connectivity index (χ1n) is 9.97. The van der Waals surface area contributed by atoms with Gasteiger partial charge in [0.1, 0.15) is 11.9 Å². The van der Waals surface area contributed by atoms with Crippen molar-refractivity contribution in [3.8, 4) is 0 Å². The molecule has 0 spiro atoms. The monoisotopic (exact) mass is 387 g/mol. The Balaban J connectivity index is 1.62. The van der Waals surface area contributed by atoms with Crippen LogP contribution in [0.5, 0.6) is 0 Å². The molecule has 2 unspecified atom stereocenters. The van der Waals surface area contributed by atoms with Gasteiger partial charge in [0, 0.05) is 32.9 Å². The van der Waals surface area contributed by atoms with Gasteiger partial charge in [0.2, 0.25) is 0 Å². The summed E-state index contributed by atoms with van der Waals surface area (Å²) in [5.74, 6) is 0.684. The van der Waals surface area contributed by atoms with Gasteiger partial charge in [-0.2, -0.15) is 5.10 Å². The second kappa shape index (κ2) is 9.68. The highest BCUT2D eigenvalue weighted by molar-refractivity contribution is 5.80. The van der Waals surface area contributed by atoms with Gasteiger partial charge in [-0.25, -0.2) is 4.39 Å². The molecule has 28 heavy (non-hydrogen) atoms. The molecule has 0 saturated carbocycles. The molecule has 1 aliphatic heterocycles. The fraction of sp³-hybridized carbons (Fsp3) is 0.524. The quantitative estimate of drug-likeness (QED) is 0.470. The number of guanidine groups is 1. The maximum atomic E-state index is 13.2. The predicted molar refractivity (Wildman–Crippen MR) is 109 cm³/mol. The van der Waals surface area contributed by atoms with E-state index in [4.69, 9.17) is 9.73 Å². The molecule has 1 aromatic heterocycles. The van der Waals surface area contributed by atoms with Gasteiger partial charge in [-0.1, -0.05) is 12.1 Å². The summed E-state index contributed by atoms with van der Waals surface area (Å²) in [6.07, 6.45) is 5.88. The molecule has 6 nitrogen and oxygen atoms in total. The zero-order valence-electron chi connectivity index (χ0n) is 16.9. The number of halogens is 1. The lowest BCUT2D eigenvalue weighted by Gasteiger charge is -2.38. The SMILES string of the molecule is CCNC(=NCCCc1cnn(C)c1)N1CC(C)OC(c2ccc(F)cc2)C1. The molecular weight excluding hydrogens is 357 g/mol. The van der Waals surface area contributed by atoms with Gasteiger partial charge in [-0.15, -0.1) is 0 Å². The molecule has 1 saturated heterocycles. The van der Waals surface area contributed by atoms with Gasteiger partial charge >= 0.3 is 0 Å². The first-order valence-corrected chi connectivity index (χ1v) is 9.97. The molecule has 1 aliphatic rings. The topological polar surface area (TPSA) is 54.7 Å². The van der Waals surface area contributed by atoms with Crippen LogP contribution in [0.2, 0.25) is 0 Å². The molecule has 0 aliphatic carbocycles. The molecule has 1 fully saturated rings. The third kappa shape index (κ3) is 5.55. The van der Waals surface area contributed by atoms with E-state index in [1.807, 2.05) is 24.1 Å². The summed E-state index contributed by atoms with van der Waals surface area (Å²) in [5.41, 5.74) is 2.23. The maximum absolute atomic E-state index is 13.2. The van der Waals surface area contributed by atoms with Crippen molar-refractivity contribution < 1.29 is 9.13 Å².